The number of quaternary nitrogens is 1. The van der Waals surface area contributed by atoms with Crippen molar-refractivity contribution in [3.63, 3.8) is 0 Å². The van der Waals surface area contributed by atoms with Gasteiger partial charge < -0.3 is 19.8 Å². The van der Waals surface area contributed by atoms with E-state index < -0.39 is 35.7 Å². The molecule has 3 atom stereocenters. The number of hydrogen-bond donors (Lipinski definition) is 3. The van der Waals surface area contributed by atoms with Crippen LogP contribution in [0.1, 0.15) is 91.9 Å². The summed E-state index contributed by atoms with van der Waals surface area (Å²) in [5, 5.41) is 27.9. The lowest BCUT2D eigenvalue weighted by molar-refractivity contribution is -0.929. The Hall–Kier alpha value is -1.63. The molecule has 3 unspecified atom stereocenters. The molecule has 0 bridgehead atoms. The van der Waals surface area contributed by atoms with Crippen LogP contribution in [0.5, 0.6) is 0 Å². The molecule has 0 saturated heterocycles. The zero-order valence-corrected chi connectivity index (χ0v) is 20.1. The van der Waals surface area contributed by atoms with Gasteiger partial charge in [0.15, 0.2) is 0 Å². The number of rotatable bonds is 20. The molecule has 0 aliphatic carbocycles. The van der Waals surface area contributed by atoms with Crippen LogP contribution in [0, 0.1) is 17.8 Å². The molecule has 0 aliphatic rings. The summed E-state index contributed by atoms with van der Waals surface area (Å²) in [5.41, 5.74) is 0. The van der Waals surface area contributed by atoms with E-state index in [0.717, 1.165) is 19.4 Å². The van der Waals surface area contributed by atoms with E-state index in [-0.39, 0.29) is 0 Å². The van der Waals surface area contributed by atoms with Crippen molar-refractivity contribution in [1.29, 1.82) is 0 Å². The first kappa shape index (κ1) is 29.4. The van der Waals surface area contributed by atoms with E-state index in [1.807, 2.05) is 0 Å². The van der Waals surface area contributed by atoms with Crippen molar-refractivity contribution in [3.05, 3.63) is 0 Å². The summed E-state index contributed by atoms with van der Waals surface area (Å²) in [4.78, 5) is 34.1. The van der Waals surface area contributed by atoms with Gasteiger partial charge in [-0.25, -0.2) is 0 Å². The fourth-order valence-corrected chi connectivity index (χ4v) is 3.85. The third-order valence-electron chi connectivity index (χ3n) is 6.61. The maximum atomic E-state index is 11.4. The summed E-state index contributed by atoms with van der Waals surface area (Å²) in [5.74, 6) is -3.90. The normalized spacial score (nSPS) is 16.3. The highest BCUT2D eigenvalue weighted by Crippen LogP contribution is 2.21. The predicted octanol–water partition coefficient (Wildman–Crippen LogP) is 4.89. The van der Waals surface area contributed by atoms with Gasteiger partial charge in [-0.3, -0.25) is 14.4 Å². The summed E-state index contributed by atoms with van der Waals surface area (Å²) in [7, 11) is 0. The van der Waals surface area contributed by atoms with Crippen LogP contribution in [-0.4, -0.2) is 63.9 Å². The monoisotopic (exact) mass is 444 g/mol. The Balaban J connectivity index is 5.24. The van der Waals surface area contributed by atoms with Crippen LogP contribution in [0.4, 0.5) is 0 Å². The zero-order valence-electron chi connectivity index (χ0n) is 20.1. The van der Waals surface area contributed by atoms with Gasteiger partial charge in [0, 0.05) is 19.3 Å². The van der Waals surface area contributed by atoms with Crippen molar-refractivity contribution < 1.29 is 34.2 Å². The average Bonchev–Trinajstić information content (AvgIpc) is 2.72. The van der Waals surface area contributed by atoms with Crippen LogP contribution in [0.3, 0.4) is 0 Å². The lowest BCUT2D eigenvalue weighted by Gasteiger charge is -2.40. The number of nitrogens with zero attached hydrogens (tertiary/aromatic N) is 1. The van der Waals surface area contributed by atoms with Crippen molar-refractivity contribution in [2.24, 2.45) is 17.8 Å². The number of unbranched alkanes of at least 4 members (excludes halogenated alkanes) is 6. The third kappa shape index (κ3) is 13.4. The molecule has 31 heavy (non-hydrogen) atoms. The average molecular weight is 445 g/mol. The molecule has 0 aromatic rings. The molecular formula is C24H46NO6+. The van der Waals surface area contributed by atoms with E-state index in [1.54, 1.807) is 20.8 Å². The molecule has 0 aromatic carbocycles. The Morgan fingerprint density at radius 2 is 0.903 bits per heavy atom. The zero-order chi connectivity index (χ0) is 23.9. The minimum Gasteiger partial charge on any atom is -0.481 e. The summed E-state index contributed by atoms with van der Waals surface area (Å²) in [6.07, 6.45) is 9.73. The van der Waals surface area contributed by atoms with Crippen LogP contribution in [-0.2, 0) is 14.4 Å². The summed E-state index contributed by atoms with van der Waals surface area (Å²) in [6, 6.07) is 0. The summed E-state index contributed by atoms with van der Waals surface area (Å²) < 4.78 is 0.613. The van der Waals surface area contributed by atoms with Gasteiger partial charge in [0.1, 0.15) is 0 Å². The Morgan fingerprint density at radius 3 is 1.23 bits per heavy atom. The molecule has 0 amide bonds. The van der Waals surface area contributed by atoms with Gasteiger partial charge in [-0.1, -0.05) is 59.8 Å². The van der Waals surface area contributed by atoms with E-state index in [4.69, 9.17) is 0 Å². The highest BCUT2D eigenvalue weighted by atomic mass is 16.4. The largest absolute Gasteiger partial charge is 0.481 e. The van der Waals surface area contributed by atoms with E-state index in [1.165, 1.54) is 32.1 Å². The van der Waals surface area contributed by atoms with Crippen LogP contribution in [0.15, 0.2) is 0 Å². The molecule has 0 spiro atoms. The highest BCUT2D eigenvalue weighted by Gasteiger charge is 2.31. The van der Waals surface area contributed by atoms with Crippen LogP contribution >= 0.6 is 0 Å². The maximum Gasteiger partial charge on any atom is 0.306 e. The number of carboxylic acid groups (broad SMARTS) is 3. The predicted molar refractivity (Wildman–Crippen MR) is 122 cm³/mol. The second-order valence-electron chi connectivity index (χ2n) is 9.44. The van der Waals surface area contributed by atoms with Gasteiger partial charge in [-0.05, 0) is 12.8 Å². The van der Waals surface area contributed by atoms with Crippen LogP contribution in [0.25, 0.3) is 0 Å². The first-order chi connectivity index (χ1) is 14.5. The number of hydrogen-bond acceptors (Lipinski definition) is 3. The van der Waals surface area contributed by atoms with E-state index >= 15 is 0 Å². The summed E-state index contributed by atoms with van der Waals surface area (Å²) >= 11 is 0. The topological polar surface area (TPSA) is 112 Å². The molecular weight excluding hydrogens is 398 g/mol. The van der Waals surface area contributed by atoms with Gasteiger partial charge in [0.25, 0.3) is 0 Å². The van der Waals surface area contributed by atoms with Gasteiger partial charge in [-0.2, -0.15) is 0 Å². The molecule has 7 nitrogen and oxygen atoms in total. The maximum absolute atomic E-state index is 11.4. The molecule has 0 aromatic heterocycles. The number of carboxylic acids is 3. The summed E-state index contributed by atoms with van der Waals surface area (Å²) in [6.45, 7) is 10.1. The second kappa shape index (κ2) is 16.1. The standard InChI is InChI=1S/C24H45NO6/c1-5-6-7-8-9-10-11-15-25(16-12-19(2)22(26)27,17-13-20(3)23(28)29)18-14-21(4)24(30)31/h19-21H,5-18H2,1-4H3,(H2-,26,27,28,29,30,31)/p+1. The number of carbonyl (C=O) groups is 3. The molecule has 0 rings (SSSR count). The molecule has 7 heteroatoms. The van der Waals surface area contributed by atoms with Gasteiger partial charge in [0.2, 0.25) is 0 Å². The van der Waals surface area contributed by atoms with Crippen molar-refractivity contribution >= 4 is 17.9 Å². The SMILES string of the molecule is CCCCCCCCC[N+](CCC(C)C(=O)O)(CCC(C)C(=O)O)CCC(C)C(=O)O. The fraction of sp³-hybridized carbons (Fsp3) is 0.875. The molecule has 0 aliphatic heterocycles. The molecule has 3 N–H and O–H groups in total. The minimum absolute atomic E-state index is 0.472. The van der Waals surface area contributed by atoms with E-state index in [0.29, 0.717) is 43.4 Å². The molecule has 0 heterocycles. The first-order valence-corrected chi connectivity index (χ1v) is 12.1. The van der Waals surface area contributed by atoms with Crippen LogP contribution < -0.4 is 0 Å². The van der Waals surface area contributed by atoms with E-state index in [2.05, 4.69) is 6.92 Å². The smallest absolute Gasteiger partial charge is 0.306 e. The van der Waals surface area contributed by atoms with Gasteiger partial charge >= 0.3 is 17.9 Å². The van der Waals surface area contributed by atoms with Crippen molar-refractivity contribution in [1.82, 2.24) is 0 Å². The van der Waals surface area contributed by atoms with Crippen LogP contribution in [0.2, 0.25) is 0 Å². The lowest BCUT2D eigenvalue weighted by atomic mass is 10.0. The Labute approximate surface area is 188 Å². The van der Waals surface area contributed by atoms with Gasteiger partial charge in [0.05, 0.1) is 43.9 Å². The lowest BCUT2D eigenvalue weighted by Crippen LogP contribution is -2.52. The highest BCUT2D eigenvalue weighted by molar-refractivity contribution is 5.70. The molecule has 0 radical (unpaired) electrons. The Morgan fingerprint density at radius 1 is 0.581 bits per heavy atom. The quantitative estimate of drug-likeness (QED) is 0.182. The minimum atomic E-state index is -0.827. The second-order valence-corrected chi connectivity index (χ2v) is 9.44. The van der Waals surface area contributed by atoms with Gasteiger partial charge in [-0.15, -0.1) is 0 Å². The number of aliphatic carboxylic acids is 3. The molecule has 182 valence electrons. The fourth-order valence-electron chi connectivity index (χ4n) is 3.85. The first-order valence-electron chi connectivity index (χ1n) is 12.1. The Bertz CT molecular complexity index is 476. The third-order valence-corrected chi connectivity index (χ3v) is 6.61. The van der Waals surface area contributed by atoms with Crippen molar-refractivity contribution in [2.75, 3.05) is 26.2 Å². The van der Waals surface area contributed by atoms with Crippen molar-refractivity contribution in [3.8, 4) is 0 Å². The molecule has 0 fully saturated rings. The van der Waals surface area contributed by atoms with Crippen molar-refractivity contribution in [2.45, 2.75) is 91.9 Å². The van der Waals surface area contributed by atoms with E-state index in [9.17, 15) is 29.7 Å². The molecule has 0 saturated carbocycles. The Kier molecular flexibility index (Phi) is 15.2.